The number of hydrogen-bond donors (Lipinski definition) is 2. The van der Waals surface area contributed by atoms with E-state index in [-0.39, 0.29) is 18.6 Å². The molecule has 22 heavy (non-hydrogen) atoms. The summed E-state index contributed by atoms with van der Waals surface area (Å²) >= 11 is 0. The molecule has 6 heteroatoms. The number of nitrogens with one attached hydrogen (secondary N) is 1. The Bertz CT molecular complexity index is 524. The lowest BCUT2D eigenvalue weighted by molar-refractivity contribution is -0.156. The number of carbonyl (C=O) groups is 1. The first-order valence-electron chi connectivity index (χ1n) is 7.17. The van der Waals surface area contributed by atoms with Crippen LogP contribution in [0.4, 0.5) is 0 Å². The van der Waals surface area contributed by atoms with Gasteiger partial charge < -0.3 is 4.74 Å². The van der Waals surface area contributed by atoms with E-state index in [1.807, 2.05) is 63.9 Å². The first kappa shape index (κ1) is 18.1. The molecule has 0 radical (unpaired) electrons. The van der Waals surface area contributed by atoms with E-state index in [0.717, 1.165) is 11.1 Å². The van der Waals surface area contributed by atoms with Crippen LogP contribution in [0.15, 0.2) is 29.4 Å². The van der Waals surface area contributed by atoms with E-state index in [9.17, 15) is 4.79 Å². The van der Waals surface area contributed by atoms with Gasteiger partial charge in [-0.05, 0) is 51.9 Å². The van der Waals surface area contributed by atoms with Crippen molar-refractivity contribution in [3.63, 3.8) is 0 Å². The van der Waals surface area contributed by atoms with Crippen molar-refractivity contribution in [3.05, 3.63) is 35.4 Å². The normalized spacial score (nSPS) is 13.4. The monoisotopic (exact) mass is 307 g/mol. The van der Waals surface area contributed by atoms with E-state index >= 15 is 0 Å². The zero-order valence-electron chi connectivity index (χ0n) is 13.8. The summed E-state index contributed by atoms with van der Waals surface area (Å²) < 4.78 is 5.33. The molecule has 0 saturated carbocycles. The molecule has 1 atom stereocenters. The van der Waals surface area contributed by atoms with Gasteiger partial charge in [-0.1, -0.05) is 18.2 Å². The van der Waals surface area contributed by atoms with Gasteiger partial charge in [0.05, 0.1) is 12.8 Å². The number of rotatable bonds is 6. The summed E-state index contributed by atoms with van der Waals surface area (Å²) in [5.74, 6) is -0.246. The van der Waals surface area contributed by atoms with Crippen molar-refractivity contribution in [3.8, 4) is 0 Å². The van der Waals surface area contributed by atoms with Crippen molar-refractivity contribution < 1.29 is 14.7 Å². The average Bonchev–Trinajstić information content (AvgIpc) is 2.42. The molecule has 0 amide bonds. The van der Waals surface area contributed by atoms with E-state index < -0.39 is 5.60 Å². The van der Waals surface area contributed by atoms with E-state index in [2.05, 4.69) is 5.10 Å². The molecule has 1 aromatic rings. The number of likely N-dealkylation sites (N-methyl/N-ethyl adjacent to an activating group) is 1. The predicted octanol–water partition coefficient (Wildman–Crippen LogP) is 2.33. The number of nitrogens with zero attached hydrogens (tertiary/aromatic N) is 2. The van der Waals surface area contributed by atoms with Crippen molar-refractivity contribution in [1.29, 1.82) is 0 Å². The third kappa shape index (κ3) is 6.24. The molecule has 122 valence electrons. The minimum absolute atomic E-state index is 0.0444. The lowest BCUT2D eigenvalue weighted by atomic mass is 10.0. The van der Waals surface area contributed by atoms with Gasteiger partial charge in [-0.2, -0.15) is 10.7 Å². The molecule has 0 unspecified atom stereocenters. The number of benzene rings is 1. The van der Waals surface area contributed by atoms with Crippen molar-refractivity contribution >= 4 is 12.2 Å². The van der Waals surface area contributed by atoms with Gasteiger partial charge in [0.1, 0.15) is 5.60 Å². The molecular weight excluding hydrogens is 282 g/mol. The average molecular weight is 307 g/mol. The van der Waals surface area contributed by atoms with E-state index in [1.165, 1.54) is 6.21 Å². The lowest BCUT2D eigenvalue weighted by Crippen LogP contribution is -2.34. The van der Waals surface area contributed by atoms with Gasteiger partial charge in [-0.25, -0.2) is 0 Å². The van der Waals surface area contributed by atoms with Crippen LogP contribution in [0.3, 0.4) is 0 Å². The summed E-state index contributed by atoms with van der Waals surface area (Å²) in [7, 11) is 1.88. The summed E-state index contributed by atoms with van der Waals surface area (Å²) in [6.07, 6.45) is 1.52. The maximum Gasteiger partial charge on any atom is 0.320 e. The highest BCUT2D eigenvalue weighted by Crippen LogP contribution is 2.19. The molecule has 1 aromatic carbocycles. The molecule has 0 aromatic heterocycles. The Morgan fingerprint density at radius 3 is 2.77 bits per heavy atom. The number of hydrogen-bond acceptors (Lipinski definition) is 6. The number of esters is 1. The van der Waals surface area contributed by atoms with Gasteiger partial charge in [0.15, 0.2) is 0 Å². The van der Waals surface area contributed by atoms with Gasteiger partial charge in [0, 0.05) is 6.04 Å². The quantitative estimate of drug-likeness (QED) is 0.479. The zero-order valence-corrected chi connectivity index (χ0v) is 13.8. The molecule has 0 fully saturated rings. The van der Waals surface area contributed by atoms with Gasteiger partial charge in [-0.15, -0.1) is 0 Å². The van der Waals surface area contributed by atoms with Crippen molar-refractivity contribution in [2.45, 2.75) is 39.3 Å². The smallest absolute Gasteiger partial charge is 0.320 e. The van der Waals surface area contributed by atoms with Crippen molar-refractivity contribution in [1.82, 2.24) is 10.5 Å². The molecule has 0 heterocycles. The molecule has 6 nitrogen and oxygen atoms in total. The zero-order chi connectivity index (χ0) is 16.8. The Morgan fingerprint density at radius 1 is 1.50 bits per heavy atom. The van der Waals surface area contributed by atoms with Gasteiger partial charge in [0.2, 0.25) is 0 Å². The lowest BCUT2D eigenvalue weighted by Gasteiger charge is -2.26. The van der Waals surface area contributed by atoms with Crippen LogP contribution in [0.5, 0.6) is 0 Å². The van der Waals surface area contributed by atoms with Crippen LogP contribution < -0.4 is 5.59 Å². The standard InChI is InChI=1S/C16H25N3O3/c1-12(19(5)11-15(20)22-16(2,3)4)14-8-6-7-13(9-14)10-17-18-21/h6-10,12,18,21H,11H2,1-5H3/b17-10-/t12-/m1/s1. The summed E-state index contributed by atoms with van der Waals surface area (Å²) in [4.78, 5) is 13.8. The SMILES string of the molecule is C[C@H](c1cccc(/C=N\NO)c1)N(C)CC(=O)OC(C)(C)C. The van der Waals surface area contributed by atoms with Crippen LogP contribution in [0.2, 0.25) is 0 Å². The highest BCUT2D eigenvalue weighted by Gasteiger charge is 2.20. The maximum absolute atomic E-state index is 11.9. The van der Waals surface area contributed by atoms with E-state index in [1.54, 1.807) is 5.59 Å². The summed E-state index contributed by atoms with van der Waals surface area (Å²) in [5, 5.41) is 12.0. The van der Waals surface area contributed by atoms with Crippen LogP contribution >= 0.6 is 0 Å². The molecule has 0 aliphatic carbocycles. The second-order valence-electron chi connectivity index (χ2n) is 6.21. The molecule has 0 aliphatic rings. The Balaban J connectivity index is 2.72. The summed E-state index contributed by atoms with van der Waals surface area (Å²) in [5.41, 5.74) is 3.16. The molecule has 0 bridgehead atoms. The fourth-order valence-corrected chi connectivity index (χ4v) is 1.97. The van der Waals surface area contributed by atoms with Crippen LogP contribution in [0, 0.1) is 0 Å². The first-order chi connectivity index (χ1) is 10.2. The molecule has 0 saturated heterocycles. The number of hydrazone groups is 1. The molecule has 2 N–H and O–H groups in total. The third-order valence-corrected chi connectivity index (χ3v) is 3.12. The van der Waals surface area contributed by atoms with E-state index in [0.29, 0.717) is 0 Å². The fraction of sp³-hybridized carbons (Fsp3) is 0.500. The topological polar surface area (TPSA) is 74.2 Å². The van der Waals surface area contributed by atoms with Gasteiger partial charge in [-0.3, -0.25) is 14.9 Å². The molecule has 0 spiro atoms. The minimum Gasteiger partial charge on any atom is -0.459 e. The largest absolute Gasteiger partial charge is 0.459 e. The second kappa shape index (κ2) is 7.91. The Kier molecular flexibility index (Phi) is 6.52. The van der Waals surface area contributed by atoms with Crippen molar-refractivity contribution in [2.24, 2.45) is 5.10 Å². The molecule has 0 aliphatic heterocycles. The predicted molar refractivity (Wildman–Crippen MR) is 85.8 cm³/mol. The van der Waals surface area contributed by atoms with Crippen molar-refractivity contribution in [2.75, 3.05) is 13.6 Å². The van der Waals surface area contributed by atoms with Gasteiger partial charge >= 0.3 is 5.97 Å². The fourth-order valence-electron chi connectivity index (χ4n) is 1.97. The highest BCUT2D eigenvalue weighted by molar-refractivity contribution is 5.79. The van der Waals surface area contributed by atoms with Crippen LogP contribution in [0.25, 0.3) is 0 Å². The Hall–Kier alpha value is -1.92. The maximum atomic E-state index is 11.9. The first-order valence-corrected chi connectivity index (χ1v) is 7.17. The molecular formula is C16H25N3O3. The number of carbonyl (C=O) groups excluding carboxylic acids is 1. The third-order valence-electron chi connectivity index (χ3n) is 3.12. The summed E-state index contributed by atoms with van der Waals surface area (Å²) in [6, 6.07) is 7.77. The van der Waals surface area contributed by atoms with Crippen LogP contribution in [0.1, 0.15) is 44.9 Å². The Morgan fingerprint density at radius 2 is 2.18 bits per heavy atom. The second-order valence-corrected chi connectivity index (χ2v) is 6.21. The van der Waals surface area contributed by atoms with Crippen LogP contribution in [-0.2, 0) is 9.53 Å². The van der Waals surface area contributed by atoms with E-state index in [4.69, 9.17) is 9.94 Å². The van der Waals surface area contributed by atoms with Gasteiger partial charge in [0.25, 0.3) is 0 Å². The highest BCUT2D eigenvalue weighted by atomic mass is 16.6. The minimum atomic E-state index is -0.477. The molecule has 1 rings (SSSR count). The van der Waals surface area contributed by atoms with Crippen LogP contribution in [-0.4, -0.2) is 41.5 Å². The summed E-state index contributed by atoms with van der Waals surface area (Å²) in [6.45, 7) is 7.80. The Labute approximate surface area is 131 Å². The number of ether oxygens (including phenoxy) is 1.